The number of rotatable bonds is 26. The third kappa shape index (κ3) is 22.5. The molecule has 0 bridgehead atoms. The van der Waals surface area contributed by atoms with Gasteiger partial charge in [0.25, 0.3) is 0 Å². The average molecular weight is 547 g/mol. The van der Waals surface area contributed by atoms with Crippen LogP contribution < -0.4 is 0 Å². The molecule has 0 fully saturated rings. The normalized spacial score (nSPS) is 11.4. The van der Waals surface area contributed by atoms with Crippen molar-refractivity contribution in [1.29, 1.82) is 0 Å². The van der Waals surface area contributed by atoms with Gasteiger partial charge in [-0.2, -0.15) is 11.8 Å². The number of ether oxygens (including phenoxy) is 2. The molecule has 0 saturated carbocycles. The SMILES string of the molecule is C=C(Cl)C(=O)OCCSCC(C)(C)C(=O)OCCCCCCCCCCCCCCCCCCCC. The van der Waals surface area contributed by atoms with Gasteiger partial charge in [-0.25, -0.2) is 4.79 Å². The summed E-state index contributed by atoms with van der Waals surface area (Å²) in [6.07, 6.45) is 24.2. The first-order valence-electron chi connectivity index (χ1n) is 14.6. The Morgan fingerprint density at radius 1 is 0.694 bits per heavy atom. The van der Waals surface area contributed by atoms with Crippen molar-refractivity contribution in [1.82, 2.24) is 0 Å². The first-order valence-corrected chi connectivity index (χ1v) is 16.1. The Balaban J connectivity index is 3.43. The molecule has 0 aromatic carbocycles. The Hall–Kier alpha value is -0.680. The molecule has 0 unspecified atom stereocenters. The van der Waals surface area contributed by atoms with Crippen molar-refractivity contribution in [3.63, 3.8) is 0 Å². The van der Waals surface area contributed by atoms with Crippen LogP contribution in [0.3, 0.4) is 0 Å². The second kappa shape index (κ2) is 24.6. The van der Waals surface area contributed by atoms with Crippen LogP contribution in [-0.4, -0.2) is 36.7 Å². The lowest BCUT2D eigenvalue weighted by Gasteiger charge is -2.22. The van der Waals surface area contributed by atoms with E-state index in [0.717, 1.165) is 12.8 Å². The summed E-state index contributed by atoms with van der Waals surface area (Å²) in [5.74, 6) is 0.462. The van der Waals surface area contributed by atoms with Crippen LogP contribution >= 0.6 is 23.4 Å². The molecule has 0 atom stereocenters. The number of hydrogen-bond acceptors (Lipinski definition) is 5. The van der Waals surface area contributed by atoms with Crippen molar-refractivity contribution in [2.75, 3.05) is 24.7 Å². The highest BCUT2D eigenvalue weighted by Crippen LogP contribution is 2.24. The molecule has 6 heteroatoms. The first kappa shape index (κ1) is 35.3. The van der Waals surface area contributed by atoms with Gasteiger partial charge in [-0.3, -0.25) is 4.79 Å². The van der Waals surface area contributed by atoms with Crippen LogP contribution in [-0.2, 0) is 19.1 Å². The minimum absolute atomic E-state index is 0.122. The number of unbranched alkanes of at least 4 members (excludes halogenated alkanes) is 17. The van der Waals surface area contributed by atoms with Gasteiger partial charge in [-0.1, -0.05) is 134 Å². The number of carbonyl (C=O) groups is 2. The third-order valence-corrected chi connectivity index (χ3v) is 7.96. The van der Waals surface area contributed by atoms with Crippen LogP contribution in [0.2, 0.25) is 0 Å². The molecule has 0 aromatic rings. The van der Waals surface area contributed by atoms with Gasteiger partial charge in [-0.15, -0.1) is 0 Å². The fourth-order valence-electron chi connectivity index (χ4n) is 4.02. The van der Waals surface area contributed by atoms with Crippen molar-refractivity contribution >= 4 is 35.3 Å². The summed E-state index contributed by atoms with van der Waals surface area (Å²) in [6.45, 7) is 10.1. The number of hydrogen-bond donors (Lipinski definition) is 0. The van der Waals surface area contributed by atoms with Crippen LogP contribution in [0.25, 0.3) is 0 Å². The highest BCUT2D eigenvalue weighted by molar-refractivity contribution is 7.99. The highest BCUT2D eigenvalue weighted by Gasteiger charge is 2.29. The molecule has 0 amide bonds. The van der Waals surface area contributed by atoms with Crippen molar-refractivity contribution in [3.05, 3.63) is 11.6 Å². The van der Waals surface area contributed by atoms with Crippen molar-refractivity contribution in [2.45, 2.75) is 136 Å². The van der Waals surface area contributed by atoms with Gasteiger partial charge in [0.1, 0.15) is 11.6 Å². The zero-order valence-corrected chi connectivity index (χ0v) is 25.3. The largest absolute Gasteiger partial charge is 0.465 e. The fraction of sp³-hybridized carbons (Fsp3) is 0.867. The molecule has 0 aliphatic heterocycles. The van der Waals surface area contributed by atoms with Gasteiger partial charge >= 0.3 is 11.9 Å². The predicted octanol–water partition coefficient (Wildman–Crippen LogP) is 9.63. The Bertz CT molecular complexity index is 565. The molecular weight excluding hydrogens is 492 g/mol. The molecule has 212 valence electrons. The molecule has 0 spiro atoms. The number of halogens is 1. The van der Waals surface area contributed by atoms with E-state index in [9.17, 15) is 9.59 Å². The molecule has 0 rings (SSSR count). The van der Waals surface area contributed by atoms with Gasteiger partial charge in [0, 0.05) is 11.5 Å². The Morgan fingerprint density at radius 3 is 1.53 bits per heavy atom. The summed E-state index contributed by atoms with van der Waals surface area (Å²) in [7, 11) is 0. The molecule has 0 aliphatic rings. The van der Waals surface area contributed by atoms with E-state index in [1.165, 1.54) is 103 Å². The zero-order valence-electron chi connectivity index (χ0n) is 23.7. The Labute approximate surface area is 232 Å². The van der Waals surface area contributed by atoms with E-state index < -0.39 is 11.4 Å². The topological polar surface area (TPSA) is 52.6 Å². The first-order chi connectivity index (χ1) is 17.3. The number of thioether (sulfide) groups is 1. The van der Waals surface area contributed by atoms with Crippen LogP contribution in [0.5, 0.6) is 0 Å². The summed E-state index contributed by atoms with van der Waals surface area (Å²) in [5.41, 5.74) is -0.557. The summed E-state index contributed by atoms with van der Waals surface area (Å²) in [4.78, 5) is 23.6. The molecule has 0 radical (unpaired) electrons. The lowest BCUT2D eigenvalue weighted by Crippen LogP contribution is -2.29. The lowest BCUT2D eigenvalue weighted by atomic mass is 9.97. The average Bonchev–Trinajstić information content (AvgIpc) is 2.84. The van der Waals surface area contributed by atoms with Gasteiger partial charge < -0.3 is 9.47 Å². The van der Waals surface area contributed by atoms with E-state index >= 15 is 0 Å². The summed E-state index contributed by atoms with van der Waals surface area (Å²) in [6, 6.07) is 0. The van der Waals surface area contributed by atoms with E-state index in [-0.39, 0.29) is 17.6 Å². The maximum atomic E-state index is 12.4. The molecular formula is C30H55ClO4S. The van der Waals surface area contributed by atoms with E-state index in [1.54, 1.807) is 11.8 Å². The molecule has 0 saturated heterocycles. The molecule has 4 nitrogen and oxygen atoms in total. The fourth-order valence-corrected chi connectivity index (χ4v) is 5.05. The van der Waals surface area contributed by atoms with E-state index in [0.29, 0.717) is 18.1 Å². The van der Waals surface area contributed by atoms with Gasteiger partial charge in [0.05, 0.1) is 12.0 Å². The van der Waals surface area contributed by atoms with Crippen LogP contribution in [0.4, 0.5) is 0 Å². The standard InChI is InChI=1S/C30H55ClO4S/c1-5-6-7-8-9-10-11-12-13-14-15-16-17-18-19-20-21-22-23-35-29(33)30(3,4)26-36-25-24-34-28(32)27(2)31/h2,5-26H2,1,3-4H3. The number of esters is 2. The van der Waals surface area contributed by atoms with Crippen LogP contribution in [0, 0.1) is 5.41 Å². The third-order valence-electron chi connectivity index (χ3n) is 6.43. The monoisotopic (exact) mass is 546 g/mol. The Kier molecular flexibility index (Phi) is 24.2. The molecule has 0 heterocycles. The summed E-state index contributed by atoms with van der Waals surface area (Å²) in [5, 5.41) is -0.122. The van der Waals surface area contributed by atoms with Gasteiger partial charge in [0.2, 0.25) is 0 Å². The molecule has 0 N–H and O–H groups in total. The molecule has 36 heavy (non-hydrogen) atoms. The second-order valence-corrected chi connectivity index (χ2v) is 12.2. The van der Waals surface area contributed by atoms with E-state index in [4.69, 9.17) is 21.1 Å². The van der Waals surface area contributed by atoms with Crippen LogP contribution in [0.1, 0.15) is 136 Å². The predicted molar refractivity (Wildman–Crippen MR) is 157 cm³/mol. The summed E-state index contributed by atoms with van der Waals surface area (Å²) >= 11 is 7.02. The van der Waals surface area contributed by atoms with Crippen LogP contribution in [0.15, 0.2) is 11.6 Å². The quantitative estimate of drug-likeness (QED) is 0.0613. The molecule has 0 aliphatic carbocycles. The van der Waals surface area contributed by atoms with Gasteiger partial charge in [0.15, 0.2) is 0 Å². The highest BCUT2D eigenvalue weighted by atomic mass is 35.5. The maximum Gasteiger partial charge on any atom is 0.349 e. The Morgan fingerprint density at radius 2 is 1.11 bits per heavy atom. The van der Waals surface area contributed by atoms with E-state index in [2.05, 4.69) is 13.5 Å². The summed E-state index contributed by atoms with van der Waals surface area (Å²) < 4.78 is 10.4. The van der Waals surface area contributed by atoms with Crippen molar-refractivity contribution in [3.8, 4) is 0 Å². The zero-order chi connectivity index (χ0) is 26.9. The lowest BCUT2D eigenvalue weighted by molar-refractivity contribution is -0.152. The van der Waals surface area contributed by atoms with Gasteiger partial charge in [-0.05, 0) is 20.3 Å². The van der Waals surface area contributed by atoms with Crippen molar-refractivity contribution < 1.29 is 19.1 Å². The number of carbonyl (C=O) groups excluding carboxylic acids is 2. The minimum Gasteiger partial charge on any atom is -0.465 e. The van der Waals surface area contributed by atoms with Crippen molar-refractivity contribution in [2.24, 2.45) is 5.41 Å². The van der Waals surface area contributed by atoms with E-state index in [1.807, 2.05) is 13.8 Å². The minimum atomic E-state index is -0.597. The maximum absolute atomic E-state index is 12.4. The second-order valence-electron chi connectivity index (χ2n) is 10.6. The molecule has 0 aromatic heterocycles. The smallest absolute Gasteiger partial charge is 0.349 e.